The molecule has 0 atom stereocenters. The molecule has 1 aliphatic heterocycles. The summed E-state index contributed by atoms with van der Waals surface area (Å²) in [6.45, 7) is 7.14. The van der Waals surface area contributed by atoms with Gasteiger partial charge in [0.2, 0.25) is 5.91 Å². The van der Waals surface area contributed by atoms with Crippen LogP contribution in [-0.2, 0) is 4.79 Å². The van der Waals surface area contributed by atoms with Crippen LogP contribution < -0.4 is 4.90 Å². The first-order valence-corrected chi connectivity index (χ1v) is 11.4. The molecule has 0 saturated carbocycles. The first-order valence-electron chi connectivity index (χ1n) is 10.4. The molecule has 2 aromatic carbocycles. The first-order chi connectivity index (χ1) is 15.1. The number of carbonyl (C=O) groups is 1. The maximum absolute atomic E-state index is 12.9. The zero-order valence-electron chi connectivity index (χ0n) is 17.7. The number of para-hydroxylation sites is 1. The largest absolute Gasteiger partial charge is 0.368 e. The number of carbonyl (C=O) groups excluding carboxylic acids is 1. The Morgan fingerprint density at radius 3 is 2.61 bits per heavy atom. The smallest absolute Gasteiger partial charge is 0.233 e. The molecule has 8 heteroatoms. The average Bonchev–Trinajstić information content (AvgIpc) is 3.19. The number of amides is 1. The van der Waals surface area contributed by atoms with Crippen molar-refractivity contribution < 1.29 is 4.79 Å². The Hall–Kier alpha value is -3.13. The number of rotatable bonds is 4. The topological polar surface area (TPSA) is 66.6 Å². The highest BCUT2D eigenvalue weighted by molar-refractivity contribution is 7.99. The number of hydrogen-bond donors (Lipinski definition) is 0. The lowest BCUT2D eigenvalue weighted by Gasteiger charge is -2.36. The molecular formula is C23H24N6OS. The summed E-state index contributed by atoms with van der Waals surface area (Å²) in [6, 6.07) is 16.4. The van der Waals surface area contributed by atoms with Crippen LogP contribution in [0.3, 0.4) is 0 Å². The lowest BCUT2D eigenvalue weighted by Crippen LogP contribution is -2.49. The van der Waals surface area contributed by atoms with Gasteiger partial charge in [-0.3, -0.25) is 4.79 Å². The van der Waals surface area contributed by atoms with Crippen molar-refractivity contribution in [3.8, 4) is 0 Å². The molecule has 1 amide bonds. The predicted molar refractivity (Wildman–Crippen MR) is 124 cm³/mol. The van der Waals surface area contributed by atoms with Crippen LogP contribution in [0.1, 0.15) is 11.4 Å². The molecule has 2 aromatic heterocycles. The Morgan fingerprint density at radius 1 is 1.00 bits per heavy atom. The Labute approximate surface area is 185 Å². The molecule has 0 unspecified atom stereocenters. The third-order valence-corrected chi connectivity index (χ3v) is 6.49. The zero-order valence-corrected chi connectivity index (χ0v) is 18.5. The van der Waals surface area contributed by atoms with Gasteiger partial charge in [-0.05, 0) is 43.7 Å². The van der Waals surface area contributed by atoms with Gasteiger partial charge < -0.3 is 9.80 Å². The minimum absolute atomic E-state index is 0.133. The molecule has 0 bridgehead atoms. The molecule has 1 aliphatic rings. The highest BCUT2D eigenvalue weighted by atomic mass is 32.2. The van der Waals surface area contributed by atoms with Gasteiger partial charge in [-0.1, -0.05) is 36.0 Å². The second kappa shape index (κ2) is 8.19. The maximum atomic E-state index is 12.9. The van der Waals surface area contributed by atoms with Gasteiger partial charge in [-0.15, -0.1) is 5.10 Å². The maximum Gasteiger partial charge on any atom is 0.233 e. The molecule has 31 heavy (non-hydrogen) atoms. The highest BCUT2D eigenvalue weighted by Crippen LogP contribution is 2.24. The van der Waals surface area contributed by atoms with Crippen LogP contribution >= 0.6 is 11.8 Å². The number of anilines is 1. The van der Waals surface area contributed by atoms with E-state index in [-0.39, 0.29) is 5.91 Å². The van der Waals surface area contributed by atoms with Crippen molar-refractivity contribution in [3.05, 3.63) is 59.9 Å². The van der Waals surface area contributed by atoms with E-state index >= 15 is 0 Å². The van der Waals surface area contributed by atoms with Crippen LogP contribution in [-0.4, -0.2) is 62.3 Å². The molecule has 0 N–H and O–H groups in total. The van der Waals surface area contributed by atoms with Crippen molar-refractivity contribution in [2.75, 3.05) is 36.8 Å². The van der Waals surface area contributed by atoms with Crippen molar-refractivity contribution in [1.82, 2.24) is 24.5 Å². The molecule has 0 aliphatic carbocycles. The Morgan fingerprint density at radius 2 is 1.81 bits per heavy atom. The number of hydrogen-bond acceptors (Lipinski definition) is 6. The molecule has 0 radical (unpaired) electrons. The summed E-state index contributed by atoms with van der Waals surface area (Å²) in [6.07, 6.45) is 0. The lowest BCUT2D eigenvalue weighted by atomic mass is 10.2. The SMILES string of the molecule is Cc1cccc(N2CCN(C(=O)CSc3nc4ccccc4c4nc(C)nn34)CC2)c1. The standard InChI is InChI=1S/C23H24N6OS/c1-16-6-5-7-18(14-16)27-10-12-28(13-11-27)21(30)15-31-23-25-20-9-4-3-8-19(20)22-24-17(2)26-29(22)23/h3-9,14H,10-13,15H2,1-2H3. The molecule has 158 valence electrons. The van der Waals surface area contributed by atoms with Crippen LogP contribution in [0.15, 0.2) is 53.7 Å². The molecule has 0 spiro atoms. The van der Waals surface area contributed by atoms with Gasteiger partial charge in [0, 0.05) is 37.3 Å². The van der Waals surface area contributed by atoms with Gasteiger partial charge >= 0.3 is 0 Å². The summed E-state index contributed by atoms with van der Waals surface area (Å²) in [7, 11) is 0. The second-order valence-electron chi connectivity index (χ2n) is 7.80. The number of piperazine rings is 1. The summed E-state index contributed by atoms with van der Waals surface area (Å²) >= 11 is 1.42. The minimum atomic E-state index is 0.133. The van der Waals surface area contributed by atoms with E-state index in [0.717, 1.165) is 42.7 Å². The van der Waals surface area contributed by atoms with E-state index in [0.29, 0.717) is 16.7 Å². The number of nitrogens with zero attached hydrogens (tertiary/aromatic N) is 6. The van der Waals surface area contributed by atoms with E-state index < -0.39 is 0 Å². The lowest BCUT2D eigenvalue weighted by molar-refractivity contribution is -0.128. The van der Waals surface area contributed by atoms with E-state index in [4.69, 9.17) is 4.98 Å². The predicted octanol–water partition coefficient (Wildman–Crippen LogP) is 3.34. The number of fused-ring (bicyclic) bond motifs is 3. The number of thioether (sulfide) groups is 1. The van der Waals surface area contributed by atoms with Gasteiger partial charge in [0.05, 0.1) is 11.3 Å². The molecule has 4 aromatic rings. The normalized spacial score (nSPS) is 14.5. The average molecular weight is 433 g/mol. The van der Waals surface area contributed by atoms with Crippen molar-refractivity contribution in [1.29, 1.82) is 0 Å². The fourth-order valence-corrected chi connectivity index (χ4v) is 4.83. The number of aryl methyl sites for hydroxylation is 2. The summed E-state index contributed by atoms with van der Waals surface area (Å²) in [5.41, 5.74) is 4.13. The molecule has 5 rings (SSSR count). The van der Waals surface area contributed by atoms with Crippen molar-refractivity contribution >= 4 is 39.9 Å². The van der Waals surface area contributed by atoms with E-state index in [1.54, 1.807) is 4.52 Å². The fourth-order valence-electron chi connectivity index (χ4n) is 3.98. The number of benzene rings is 2. The van der Waals surface area contributed by atoms with Crippen LogP contribution in [0.25, 0.3) is 16.6 Å². The summed E-state index contributed by atoms with van der Waals surface area (Å²) < 4.78 is 1.76. The molecule has 1 fully saturated rings. The van der Waals surface area contributed by atoms with Gasteiger partial charge in [-0.2, -0.15) is 4.52 Å². The Balaban J connectivity index is 1.27. The van der Waals surface area contributed by atoms with Gasteiger partial charge in [-0.25, -0.2) is 9.97 Å². The molecule has 3 heterocycles. The summed E-state index contributed by atoms with van der Waals surface area (Å²) in [4.78, 5) is 26.5. The zero-order chi connectivity index (χ0) is 21.4. The van der Waals surface area contributed by atoms with E-state index in [1.165, 1.54) is 23.0 Å². The van der Waals surface area contributed by atoms with Crippen LogP contribution in [0, 0.1) is 13.8 Å². The Bertz CT molecular complexity index is 1260. The van der Waals surface area contributed by atoms with Crippen LogP contribution in [0.2, 0.25) is 0 Å². The number of aromatic nitrogens is 4. The molecule has 1 saturated heterocycles. The summed E-state index contributed by atoms with van der Waals surface area (Å²) in [5, 5.41) is 6.15. The van der Waals surface area contributed by atoms with E-state index in [1.807, 2.05) is 36.1 Å². The minimum Gasteiger partial charge on any atom is -0.368 e. The van der Waals surface area contributed by atoms with E-state index in [2.05, 4.69) is 46.2 Å². The van der Waals surface area contributed by atoms with Gasteiger partial charge in [0.25, 0.3) is 0 Å². The van der Waals surface area contributed by atoms with Crippen molar-refractivity contribution in [2.45, 2.75) is 19.0 Å². The van der Waals surface area contributed by atoms with Crippen molar-refractivity contribution in [2.24, 2.45) is 0 Å². The summed E-state index contributed by atoms with van der Waals surface area (Å²) in [5.74, 6) is 1.16. The highest BCUT2D eigenvalue weighted by Gasteiger charge is 2.22. The first kappa shape index (κ1) is 19.8. The van der Waals surface area contributed by atoms with Gasteiger partial charge in [0.1, 0.15) is 5.82 Å². The van der Waals surface area contributed by atoms with Crippen LogP contribution in [0.4, 0.5) is 5.69 Å². The second-order valence-corrected chi connectivity index (χ2v) is 8.74. The van der Waals surface area contributed by atoms with Gasteiger partial charge in [0.15, 0.2) is 10.8 Å². The molecule has 7 nitrogen and oxygen atoms in total. The van der Waals surface area contributed by atoms with E-state index in [9.17, 15) is 4.79 Å². The van der Waals surface area contributed by atoms with Crippen LogP contribution in [0.5, 0.6) is 0 Å². The quantitative estimate of drug-likeness (QED) is 0.364. The Kier molecular flexibility index (Phi) is 5.23. The monoisotopic (exact) mass is 432 g/mol. The third-order valence-electron chi connectivity index (χ3n) is 5.58. The fraction of sp³-hybridized carbons (Fsp3) is 0.304. The van der Waals surface area contributed by atoms with Crippen molar-refractivity contribution in [3.63, 3.8) is 0 Å². The molecular weight excluding hydrogens is 408 g/mol. The third kappa shape index (κ3) is 3.95.